The highest BCUT2D eigenvalue weighted by Gasteiger charge is 2.28. The van der Waals surface area contributed by atoms with Crippen LogP contribution in [-0.4, -0.2) is 32.1 Å². The molecule has 9 nitrogen and oxygen atoms in total. The van der Waals surface area contributed by atoms with E-state index in [-0.39, 0.29) is 34.2 Å². The fraction of sp³-hybridized carbons (Fsp3) is 0.192. The second kappa shape index (κ2) is 21.3. The van der Waals surface area contributed by atoms with Crippen LogP contribution < -0.4 is 14.8 Å². The Bertz CT molecular complexity index is 2570. The summed E-state index contributed by atoms with van der Waals surface area (Å²) in [6.07, 6.45) is 0. The van der Waals surface area contributed by atoms with Gasteiger partial charge in [-0.25, -0.2) is 4.79 Å². The maximum absolute atomic E-state index is 13.3. The molecular weight excluding hydrogens is 844 g/mol. The predicted molar refractivity (Wildman–Crippen MR) is 251 cm³/mol. The first-order chi connectivity index (χ1) is 29.3. The Labute approximate surface area is 374 Å². The predicted octanol–water partition coefficient (Wildman–Crippen LogP) is 11.3. The Hall–Kier alpha value is -6.62. The molecule has 2 aliphatic heterocycles. The first-order valence-electron chi connectivity index (χ1n) is 20.1. The minimum atomic E-state index is -0.940. The molecule has 2 heterocycles. The highest BCUT2D eigenvalue weighted by Crippen LogP contribution is 2.35. The molecule has 0 unspecified atom stereocenters. The number of halogens is 1. The maximum Gasteiger partial charge on any atom is 0.335 e. The van der Waals surface area contributed by atoms with Crippen molar-refractivity contribution in [2.45, 2.75) is 67.1 Å². The van der Waals surface area contributed by atoms with Crippen molar-refractivity contribution in [1.82, 2.24) is 10.2 Å². The largest absolute Gasteiger partial charge is 0.508 e. The van der Waals surface area contributed by atoms with Crippen molar-refractivity contribution in [2.24, 2.45) is 0 Å². The molecule has 0 saturated carbocycles. The average Bonchev–Trinajstić information content (AvgIpc) is 3.92. The van der Waals surface area contributed by atoms with E-state index in [4.69, 9.17) is 9.47 Å². The maximum atomic E-state index is 13.3. The van der Waals surface area contributed by atoms with Crippen LogP contribution in [-0.2, 0) is 39.4 Å². The second-order valence-electron chi connectivity index (χ2n) is 15.3. The first kappa shape index (κ1) is 46.4. The van der Waals surface area contributed by atoms with Crippen molar-refractivity contribution < 1.29 is 34.4 Å². The van der Waals surface area contributed by atoms with Crippen molar-refractivity contribution in [3.8, 4) is 23.0 Å². The number of rotatable bonds is 10. The van der Waals surface area contributed by atoms with Crippen LogP contribution in [0, 0.1) is 13.8 Å². The summed E-state index contributed by atoms with van der Waals surface area (Å²) in [7, 11) is 0. The van der Waals surface area contributed by atoms with Crippen LogP contribution in [0.1, 0.15) is 90.2 Å². The van der Waals surface area contributed by atoms with E-state index in [1.807, 2.05) is 118 Å². The number of allylic oxidation sites excluding steroid dienone is 2. The fourth-order valence-electron chi connectivity index (χ4n) is 7.23. The summed E-state index contributed by atoms with van der Waals surface area (Å²) in [5.74, 6) is 1.05. The van der Waals surface area contributed by atoms with Crippen molar-refractivity contribution in [1.29, 1.82) is 0 Å². The Kier molecular flexibility index (Phi) is 15.9. The zero-order chi connectivity index (χ0) is 43.6. The van der Waals surface area contributed by atoms with E-state index < -0.39 is 5.97 Å². The van der Waals surface area contributed by atoms with Gasteiger partial charge in [-0.15, -0.1) is 17.0 Å². The number of aryl methyl sites for hydroxylation is 2. The third kappa shape index (κ3) is 11.4. The van der Waals surface area contributed by atoms with E-state index in [9.17, 15) is 24.9 Å². The number of carbonyl (C=O) groups is 2. The number of benzene rings is 6. The number of hydrogen-bond donors (Lipinski definition) is 4. The van der Waals surface area contributed by atoms with Gasteiger partial charge in [0, 0.05) is 47.5 Å². The van der Waals surface area contributed by atoms with E-state index in [1.165, 1.54) is 5.56 Å². The van der Waals surface area contributed by atoms with Crippen LogP contribution in [0.15, 0.2) is 134 Å². The van der Waals surface area contributed by atoms with Gasteiger partial charge in [-0.2, -0.15) is 0 Å². The SMILES string of the molecule is Br.C=C(C)c1cc(C(=O)N2Cc3cccc(O)c3C2)c(C)cc1OCc1ccccc1.C=C(C)c1cc(C(=O)O)c(C)cc1OCc1ccccc1.Oc1cccc2c1CNC2. The van der Waals surface area contributed by atoms with Crippen molar-refractivity contribution in [3.63, 3.8) is 0 Å². The summed E-state index contributed by atoms with van der Waals surface area (Å²) in [6, 6.07) is 38.1. The van der Waals surface area contributed by atoms with Gasteiger partial charge in [-0.3, -0.25) is 4.79 Å². The summed E-state index contributed by atoms with van der Waals surface area (Å²) in [5.41, 5.74) is 11.9. The van der Waals surface area contributed by atoms with Gasteiger partial charge in [-0.05, 0) is 109 Å². The topological polar surface area (TPSA) is 129 Å². The van der Waals surface area contributed by atoms with Gasteiger partial charge in [0.25, 0.3) is 5.91 Å². The zero-order valence-corrected chi connectivity index (χ0v) is 37.2. The molecular formula is C52H53BrN2O7. The summed E-state index contributed by atoms with van der Waals surface area (Å²) in [6.45, 7) is 18.9. The van der Waals surface area contributed by atoms with Gasteiger partial charge in [0.2, 0.25) is 0 Å². The first-order valence-corrected chi connectivity index (χ1v) is 20.1. The normalized spacial score (nSPS) is 12.0. The highest BCUT2D eigenvalue weighted by atomic mass is 79.9. The molecule has 62 heavy (non-hydrogen) atoms. The van der Waals surface area contributed by atoms with Gasteiger partial charge in [0.1, 0.15) is 36.2 Å². The highest BCUT2D eigenvalue weighted by molar-refractivity contribution is 8.93. The molecule has 0 spiro atoms. The average molecular weight is 898 g/mol. The molecule has 0 aromatic heterocycles. The number of carboxylic acid groups (broad SMARTS) is 1. The van der Waals surface area contributed by atoms with Crippen molar-refractivity contribution >= 4 is 40.0 Å². The summed E-state index contributed by atoms with van der Waals surface area (Å²) >= 11 is 0. The van der Waals surface area contributed by atoms with Crippen LogP contribution in [0.25, 0.3) is 11.1 Å². The molecule has 0 fully saturated rings. The third-order valence-electron chi connectivity index (χ3n) is 10.6. The van der Waals surface area contributed by atoms with Gasteiger partial charge in [0.15, 0.2) is 0 Å². The molecule has 8 rings (SSSR count). The van der Waals surface area contributed by atoms with E-state index in [2.05, 4.69) is 18.5 Å². The molecule has 0 atom stereocenters. The van der Waals surface area contributed by atoms with Crippen LogP contribution in [0.3, 0.4) is 0 Å². The van der Waals surface area contributed by atoms with Crippen LogP contribution in [0.2, 0.25) is 0 Å². The van der Waals surface area contributed by atoms with Gasteiger partial charge < -0.3 is 35.0 Å². The number of aromatic carboxylic acids is 1. The lowest BCUT2D eigenvalue weighted by molar-refractivity contribution is 0.0694. The lowest BCUT2D eigenvalue weighted by Gasteiger charge is -2.20. The lowest BCUT2D eigenvalue weighted by atomic mass is 9.99. The summed E-state index contributed by atoms with van der Waals surface area (Å²) < 4.78 is 11.9. The molecule has 0 saturated heterocycles. The van der Waals surface area contributed by atoms with E-state index >= 15 is 0 Å². The van der Waals surface area contributed by atoms with Crippen molar-refractivity contribution in [3.05, 3.63) is 201 Å². The molecule has 4 N–H and O–H groups in total. The van der Waals surface area contributed by atoms with Gasteiger partial charge in [-0.1, -0.05) is 98.1 Å². The second-order valence-corrected chi connectivity index (χ2v) is 15.3. The molecule has 2 aliphatic rings. The monoisotopic (exact) mass is 896 g/mol. The standard InChI is InChI=1S/C26H25NO3.C18H18O3.C8H9NO.BrH/c1-17(2)21-13-22(18(3)12-25(21)30-16-19-8-5-4-6-9-19)26(29)27-14-20-10-7-11-24(28)23(20)15-27;1-12(2)15-10-16(18(19)20)13(3)9-17(15)21-11-14-7-5-4-6-8-14;10-8-3-1-2-6-4-9-5-7(6)8;/h4-13,28H,1,14-16H2,2-3H3;4-10H,1,11H2,2-3H3,(H,19,20);1-3,9-10H,4-5H2;1H. The van der Waals surface area contributed by atoms with Crippen LogP contribution in [0.4, 0.5) is 0 Å². The van der Waals surface area contributed by atoms with E-state index in [0.717, 1.165) is 74.5 Å². The van der Waals surface area contributed by atoms with Crippen LogP contribution >= 0.6 is 17.0 Å². The van der Waals surface area contributed by atoms with Gasteiger partial charge in [0.05, 0.1) is 12.1 Å². The van der Waals surface area contributed by atoms with Gasteiger partial charge >= 0.3 is 5.97 Å². The minimum Gasteiger partial charge on any atom is -0.508 e. The molecule has 6 aromatic rings. The molecule has 0 aliphatic carbocycles. The van der Waals surface area contributed by atoms with E-state index in [1.54, 1.807) is 36.1 Å². The number of carbonyl (C=O) groups excluding carboxylic acids is 1. The Morgan fingerprint density at radius 1 is 0.613 bits per heavy atom. The number of phenolic OH excluding ortho intramolecular Hbond substituents is 2. The number of nitrogens with one attached hydrogen (secondary N) is 1. The smallest absolute Gasteiger partial charge is 0.335 e. The van der Waals surface area contributed by atoms with Crippen LogP contribution in [0.5, 0.6) is 23.0 Å². The molecule has 1 amide bonds. The molecule has 6 aromatic carbocycles. The van der Waals surface area contributed by atoms with Crippen molar-refractivity contribution in [2.75, 3.05) is 0 Å². The quantitative estimate of drug-likeness (QED) is 0.107. The molecule has 10 heteroatoms. The molecule has 320 valence electrons. The number of hydrogen-bond acceptors (Lipinski definition) is 7. The van der Waals surface area contributed by atoms with E-state index in [0.29, 0.717) is 48.9 Å². The Morgan fingerprint density at radius 3 is 1.58 bits per heavy atom. The number of aromatic hydroxyl groups is 2. The zero-order valence-electron chi connectivity index (χ0n) is 35.5. The number of nitrogens with zero attached hydrogens (tertiary/aromatic N) is 1. The number of ether oxygens (including phenoxy) is 2. The molecule has 0 radical (unpaired) electrons. The number of carboxylic acids is 1. The summed E-state index contributed by atoms with van der Waals surface area (Å²) in [5, 5.41) is 31.8. The molecule has 0 bridgehead atoms. The minimum absolute atomic E-state index is 0. The lowest BCUT2D eigenvalue weighted by Crippen LogP contribution is -2.26. The number of fused-ring (bicyclic) bond motifs is 2. The third-order valence-corrected chi connectivity index (χ3v) is 10.6. The Balaban J connectivity index is 0.000000196. The number of amides is 1. The fourth-order valence-corrected chi connectivity index (χ4v) is 7.23. The summed E-state index contributed by atoms with van der Waals surface area (Å²) in [4.78, 5) is 26.3. The number of phenols is 2. The Morgan fingerprint density at radius 2 is 1.10 bits per heavy atom.